The quantitative estimate of drug-likeness (QED) is 0.768. The van der Waals surface area contributed by atoms with Gasteiger partial charge in [0.1, 0.15) is 5.75 Å². The van der Waals surface area contributed by atoms with E-state index in [4.69, 9.17) is 9.15 Å². The number of ether oxygens (including phenoxy) is 1. The van der Waals surface area contributed by atoms with Crippen LogP contribution in [0.15, 0.2) is 16.7 Å². The molecule has 1 N–H and O–H groups in total. The summed E-state index contributed by atoms with van der Waals surface area (Å²) in [5.74, 6) is 2.83. The Labute approximate surface area is 173 Å². The molecule has 29 heavy (non-hydrogen) atoms. The number of hydrogen-bond acceptors (Lipinski definition) is 9. The Balaban J connectivity index is 1.17. The zero-order valence-corrected chi connectivity index (χ0v) is 17.4. The topological polar surface area (TPSA) is 87.0 Å². The average molecular weight is 419 g/mol. The van der Waals surface area contributed by atoms with E-state index in [0.717, 1.165) is 57.3 Å². The van der Waals surface area contributed by atoms with Gasteiger partial charge in [-0.05, 0) is 6.42 Å². The van der Waals surface area contributed by atoms with Crippen LogP contribution < -0.4 is 15.0 Å². The molecule has 9 nitrogen and oxygen atoms in total. The fourth-order valence-corrected chi connectivity index (χ4v) is 5.26. The number of thioether (sulfide) groups is 1. The standard InChI is InChI=1S/C19H26N6O3S/c1-27-14-9-16-17(21-11-14)22-19(28-16)24-4-2-23(3-5-24)13-8-15(20-10-13)18(26)25-6-7-29-12-25/h9,11,13,15,20H,2-8,10,12H2,1H3/t13-,15-/m0/s1. The largest absolute Gasteiger partial charge is 0.495 e. The van der Waals surface area contributed by atoms with Gasteiger partial charge in [0.05, 0.1) is 25.2 Å². The maximum Gasteiger partial charge on any atom is 0.300 e. The predicted molar refractivity (Wildman–Crippen MR) is 111 cm³/mol. The van der Waals surface area contributed by atoms with Crippen LogP contribution in [0, 0.1) is 0 Å². The molecule has 2 aromatic rings. The van der Waals surface area contributed by atoms with Crippen molar-refractivity contribution in [2.24, 2.45) is 0 Å². The molecule has 1 amide bonds. The van der Waals surface area contributed by atoms with Crippen molar-refractivity contribution in [3.05, 3.63) is 12.3 Å². The van der Waals surface area contributed by atoms with E-state index in [1.807, 2.05) is 22.7 Å². The maximum atomic E-state index is 12.6. The summed E-state index contributed by atoms with van der Waals surface area (Å²) in [6.45, 7) is 5.33. The number of nitrogens with one attached hydrogen (secondary N) is 1. The molecule has 0 saturated carbocycles. The normalized spacial score (nSPS) is 25.8. The number of methoxy groups -OCH3 is 1. The van der Waals surface area contributed by atoms with Crippen LogP contribution in [0.5, 0.6) is 5.75 Å². The van der Waals surface area contributed by atoms with E-state index in [1.165, 1.54) is 0 Å². The smallest absolute Gasteiger partial charge is 0.300 e. The number of pyridine rings is 1. The number of carbonyl (C=O) groups is 1. The lowest BCUT2D eigenvalue weighted by Crippen LogP contribution is -2.51. The number of amides is 1. The van der Waals surface area contributed by atoms with E-state index in [-0.39, 0.29) is 11.9 Å². The highest BCUT2D eigenvalue weighted by Crippen LogP contribution is 2.26. The maximum absolute atomic E-state index is 12.6. The summed E-state index contributed by atoms with van der Waals surface area (Å²) < 4.78 is 11.1. The van der Waals surface area contributed by atoms with Crippen LogP contribution in [0.3, 0.4) is 0 Å². The van der Waals surface area contributed by atoms with Crippen LogP contribution >= 0.6 is 11.8 Å². The fourth-order valence-electron chi connectivity index (χ4n) is 4.31. The Morgan fingerprint density at radius 2 is 2.17 bits per heavy atom. The SMILES string of the molecule is COc1cnc2nc(N3CCN([C@@H]4CN[C@H](C(=O)N5CCSC5)C4)CC3)oc2c1. The monoisotopic (exact) mass is 418 g/mol. The molecule has 10 heteroatoms. The van der Waals surface area contributed by atoms with Gasteiger partial charge < -0.3 is 24.3 Å². The molecule has 0 radical (unpaired) electrons. The Bertz CT molecular complexity index is 878. The molecule has 5 heterocycles. The van der Waals surface area contributed by atoms with Crippen molar-refractivity contribution in [2.45, 2.75) is 18.5 Å². The zero-order chi connectivity index (χ0) is 19.8. The molecule has 0 unspecified atom stereocenters. The number of piperazine rings is 1. The fraction of sp³-hybridized carbons (Fsp3) is 0.632. The summed E-state index contributed by atoms with van der Waals surface area (Å²) in [7, 11) is 1.61. The second kappa shape index (κ2) is 8.00. The van der Waals surface area contributed by atoms with E-state index in [1.54, 1.807) is 13.3 Å². The number of anilines is 1. The Hall–Kier alpha value is -2.04. The first kappa shape index (κ1) is 19.0. The Kier molecular flexibility index (Phi) is 5.23. The molecule has 2 atom stereocenters. The first-order chi connectivity index (χ1) is 14.2. The molecule has 3 aliphatic rings. The van der Waals surface area contributed by atoms with E-state index in [2.05, 4.69) is 25.1 Å². The number of hydrogen-bond donors (Lipinski definition) is 1. The van der Waals surface area contributed by atoms with Gasteiger partial charge in [0.2, 0.25) is 11.6 Å². The van der Waals surface area contributed by atoms with Gasteiger partial charge in [0.25, 0.3) is 6.01 Å². The molecular weight excluding hydrogens is 392 g/mol. The van der Waals surface area contributed by atoms with Crippen molar-refractivity contribution < 1.29 is 13.9 Å². The number of nitrogens with zero attached hydrogens (tertiary/aromatic N) is 5. The van der Waals surface area contributed by atoms with E-state index < -0.39 is 0 Å². The molecule has 0 bridgehead atoms. The van der Waals surface area contributed by atoms with Crippen molar-refractivity contribution in [3.63, 3.8) is 0 Å². The summed E-state index contributed by atoms with van der Waals surface area (Å²) in [4.78, 5) is 28.1. The number of rotatable bonds is 4. The van der Waals surface area contributed by atoms with Crippen LogP contribution in [0.2, 0.25) is 0 Å². The van der Waals surface area contributed by atoms with Gasteiger partial charge >= 0.3 is 0 Å². The Morgan fingerprint density at radius 1 is 1.31 bits per heavy atom. The highest BCUT2D eigenvalue weighted by Gasteiger charge is 2.37. The molecule has 2 aromatic heterocycles. The molecule has 5 rings (SSSR count). The third kappa shape index (κ3) is 3.76. The van der Waals surface area contributed by atoms with Gasteiger partial charge in [0.15, 0.2) is 5.58 Å². The van der Waals surface area contributed by atoms with Crippen molar-refractivity contribution in [1.29, 1.82) is 0 Å². The van der Waals surface area contributed by atoms with Gasteiger partial charge in [-0.3, -0.25) is 9.69 Å². The van der Waals surface area contributed by atoms with Gasteiger partial charge in [0, 0.05) is 57.1 Å². The number of fused-ring (bicyclic) bond motifs is 1. The Morgan fingerprint density at radius 3 is 2.93 bits per heavy atom. The molecule has 0 aromatic carbocycles. The molecule has 0 spiro atoms. The summed E-state index contributed by atoms with van der Waals surface area (Å²) >= 11 is 1.83. The minimum Gasteiger partial charge on any atom is -0.495 e. The van der Waals surface area contributed by atoms with E-state index >= 15 is 0 Å². The molecule has 3 aliphatic heterocycles. The first-order valence-electron chi connectivity index (χ1n) is 10.1. The van der Waals surface area contributed by atoms with Crippen molar-refractivity contribution in [2.75, 3.05) is 62.9 Å². The summed E-state index contributed by atoms with van der Waals surface area (Å²) in [5.41, 5.74) is 1.24. The first-order valence-corrected chi connectivity index (χ1v) is 11.3. The lowest BCUT2D eigenvalue weighted by atomic mass is 10.1. The molecule has 0 aliphatic carbocycles. The average Bonchev–Trinajstić information content (AvgIpc) is 3.53. The highest BCUT2D eigenvalue weighted by atomic mass is 32.2. The van der Waals surface area contributed by atoms with Crippen LogP contribution in [-0.2, 0) is 4.79 Å². The molecule has 156 valence electrons. The van der Waals surface area contributed by atoms with Crippen molar-refractivity contribution in [3.8, 4) is 5.75 Å². The third-order valence-corrected chi connectivity index (χ3v) is 6.98. The predicted octanol–water partition coefficient (Wildman–Crippen LogP) is 0.617. The minimum absolute atomic E-state index is 0.0326. The van der Waals surface area contributed by atoms with Crippen LogP contribution in [0.1, 0.15) is 6.42 Å². The van der Waals surface area contributed by atoms with Crippen LogP contribution in [0.4, 0.5) is 6.01 Å². The second-order valence-corrected chi connectivity index (χ2v) is 8.78. The molecule has 3 fully saturated rings. The number of carbonyl (C=O) groups excluding carboxylic acids is 1. The number of oxazole rings is 1. The van der Waals surface area contributed by atoms with Crippen LogP contribution in [-0.4, -0.2) is 95.8 Å². The van der Waals surface area contributed by atoms with Gasteiger partial charge in [-0.2, -0.15) is 4.98 Å². The van der Waals surface area contributed by atoms with Crippen molar-refractivity contribution >= 4 is 34.9 Å². The number of aromatic nitrogens is 2. The highest BCUT2D eigenvalue weighted by molar-refractivity contribution is 7.99. The lowest BCUT2D eigenvalue weighted by Gasteiger charge is -2.37. The second-order valence-electron chi connectivity index (χ2n) is 7.71. The summed E-state index contributed by atoms with van der Waals surface area (Å²) in [6.07, 6.45) is 2.55. The third-order valence-electron chi connectivity index (χ3n) is 6.02. The minimum atomic E-state index is -0.0326. The zero-order valence-electron chi connectivity index (χ0n) is 16.5. The van der Waals surface area contributed by atoms with E-state index in [0.29, 0.717) is 29.0 Å². The summed E-state index contributed by atoms with van der Waals surface area (Å²) in [6, 6.07) is 2.81. The molecule has 3 saturated heterocycles. The van der Waals surface area contributed by atoms with Gasteiger partial charge in [-0.15, -0.1) is 11.8 Å². The lowest BCUT2D eigenvalue weighted by molar-refractivity contribution is -0.131. The summed E-state index contributed by atoms with van der Waals surface area (Å²) in [5, 5.41) is 3.45. The van der Waals surface area contributed by atoms with Gasteiger partial charge in [-0.25, -0.2) is 4.98 Å². The molecular formula is C19H26N6O3S. The van der Waals surface area contributed by atoms with Crippen molar-refractivity contribution in [1.82, 2.24) is 25.1 Å². The van der Waals surface area contributed by atoms with Crippen LogP contribution in [0.25, 0.3) is 11.2 Å². The van der Waals surface area contributed by atoms with Gasteiger partial charge in [-0.1, -0.05) is 0 Å². The van der Waals surface area contributed by atoms with E-state index in [9.17, 15) is 4.79 Å².